The standard InChI is InChI=1S/C27H35N5O2S/c1-18-15-19(2)25(20(3)16-18)28-24(33)17-35-27-30-29-26(21(4)31-13-7-6-8-14-31)32(27)22-9-11-23(34-5)12-10-22/h9-12,15-16,21H,6-8,13-14,17H2,1-5H3,(H,28,33). The molecule has 1 fully saturated rings. The van der Waals surface area contributed by atoms with E-state index in [2.05, 4.69) is 51.0 Å². The Bertz CT molecular complexity index is 1150. The highest BCUT2D eigenvalue weighted by atomic mass is 32.2. The van der Waals surface area contributed by atoms with Crippen LogP contribution in [0.1, 0.15) is 54.7 Å². The van der Waals surface area contributed by atoms with Crippen molar-refractivity contribution < 1.29 is 9.53 Å². The van der Waals surface area contributed by atoms with E-state index >= 15 is 0 Å². The van der Waals surface area contributed by atoms with Crippen LogP contribution in [0.15, 0.2) is 41.6 Å². The summed E-state index contributed by atoms with van der Waals surface area (Å²) >= 11 is 1.41. The first kappa shape index (κ1) is 25.3. The first-order valence-electron chi connectivity index (χ1n) is 12.2. The van der Waals surface area contributed by atoms with Crippen LogP contribution in [0.4, 0.5) is 5.69 Å². The van der Waals surface area contributed by atoms with Crippen LogP contribution < -0.4 is 10.1 Å². The first-order chi connectivity index (χ1) is 16.9. The Balaban J connectivity index is 1.57. The van der Waals surface area contributed by atoms with E-state index in [1.807, 2.05) is 38.1 Å². The van der Waals surface area contributed by atoms with Crippen LogP contribution in [0, 0.1) is 20.8 Å². The van der Waals surface area contributed by atoms with Crippen LogP contribution in [0.2, 0.25) is 0 Å². The fourth-order valence-corrected chi connectivity index (χ4v) is 5.53. The van der Waals surface area contributed by atoms with Crippen LogP contribution in [-0.4, -0.2) is 51.5 Å². The highest BCUT2D eigenvalue weighted by molar-refractivity contribution is 7.99. The number of nitrogens with zero attached hydrogens (tertiary/aromatic N) is 4. The molecular weight excluding hydrogens is 458 g/mol. The molecule has 1 saturated heterocycles. The summed E-state index contributed by atoms with van der Waals surface area (Å²) in [6, 6.07) is 12.2. The van der Waals surface area contributed by atoms with Gasteiger partial charge in [-0.2, -0.15) is 0 Å². The molecule has 1 unspecified atom stereocenters. The molecule has 7 nitrogen and oxygen atoms in total. The maximum Gasteiger partial charge on any atom is 0.234 e. The normalized spacial score (nSPS) is 15.1. The highest BCUT2D eigenvalue weighted by Gasteiger charge is 2.26. The van der Waals surface area contributed by atoms with Gasteiger partial charge in [0.2, 0.25) is 5.91 Å². The summed E-state index contributed by atoms with van der Waals surface area (Å²) < 4.78 is 7.43. The molecule has 3 aromatic rings. The Morgan fingerprint density at radius 1 is 1.06 bits per heavy atom. The van der Waals surface area contributed by atoms with E-state index in [4.69, 9.17) is 4.74 Å². The fourth-order valence-electron chi connectivity index (χ4n) is 4.77. The van der Waals surface area contributed by atoms with Gasteiger partial charge in [0.25, 0.3) is 0 Å². The molecule has 1 aromatic heterocycles. The first-order valence-corrected chi connectivity index (χ1v) is 13.2. The molecular formula is C27H35N5O2S. The number of nitrogens with one attached hydrogen (secondary N) is 1. The van der Waals surface area contributed by atoms with E-state index in [-0.39, 0.29) is 17.7 Å². The van der Waals surface area contributed by atoms with Gasteiger partial charge < -0.3 is 10.1 Å². The van der Waals surface area contributed by atoms with Crippen LogP contribution in [0.3, 0.4) is 0 Å². The van der Waals surface area contributed by atoms with Gasteiger partial charge in [0, 0.05) is 11.4 Å². The number of rotatable bonds is 8. The Hall–Kier alpha value is -2.84. The zero-order valence-electron chi connectivity index (χ0n) is 21.3. The molecule has 0 spiro atoms. The summed E-state index contributed by atoms with van der Waals surface area (Å²) in [5, 5.41) is 12.9. The van der Waals surface area contributed by atoms with E-state index in [9.17, 15) is 4.79 Å². The van der Waals surface area contributed by atoms with Crippen LogP contribution in [0.5, 0.6) is 5.75 Å². The largest absolute Gasteiger partial charge is 0.497 e. The summed E-state index contributed by atoms with van der Waals surface area (Å²) in [6.07, 6.45) is 3.70. The van der Waals surface area contributed by atoms with Crippen molar-refractivity contribution in [2.75, 3.05) is 31.3 Å². The van der Waals surface area contributed by atoms with Gasteiger partial charge in [0.1, 0.15) is 5.75 Å². The second-order valence-electron chi connectivity index (χ2n) is 9.26. The predicted octanol–water partition coefficient (Wildman–Crippen LogP) is 5.48. The summed E-state index contributed by atoms with van der Waals surface area (Å²) in [5.74, 6) is 1.88. The zero-order chi connectivity index (χ0) is 24.9. The second kappa shape index (κ2) is 11.3. The number of thioether (sulfide) groups is 1. The van der Waals surface area contributed by atoms with Gasteiger partial charge in [-0.05, 0) is 89.0 Å². The monoisotopic (exact) mass is 493 g/mol. The van der Waals surface area contributed by atoms with Crippen molar-refractivity contribution in [2.24, 2.45) is 0 Å². The van der Waals surface area contributed by atoms with Crippen LogP contribution >= 0.6 is 11.8 Å². The third-order valence-corrected chi connectivity index (χ3v) is 7.50. The minimum Gasteiger partial charge on any atom is -0.497 e. The molecule has 0 saturated carbocycles. The Kier molecular flexibility index (Phi) is 8.13. The summed E-state index contributed by atoms with van der Waals surface area (Å²) in [4.78, 5) is 15.4. The molecule has 2 heterocycles. The van der Waals surface area contributed by atoms with E-state index in [1.165, 1.54) is 36.6 Å². The number of piperidine rings is 1. The Morgan fingerprint density at radius 2 is 1.71 bits per heavy atom. The summed E-state index contributed by atoms with van der Waals surface area (Å²) in [5.41, 5.74) is 5.18. The minimum atomic E-state index is -0.0556. The number of carbonyl (C=O) groups excluding carboxylic acids is 1. The number of benzene rings is 2. The quantitative estimate of drug-likeness (QED) is 0.419. The second-order valence-corrected chi connectivity index (χ2v) is 10.2. The predicted molar refractivity (Wildman–Crippen MR) is 142 cm³/mol. The number of methoxy groups -OCH3 is 1. The average molecular weight is 494 g/mol. The van der Waals surface area contributed by atoms with Crippen molar-refractivity contribution in [2.45, 2.75) is 58.2 Å². The molecule has 186 valence electrons. The number of ether oxygens (including phenoxy) is 1. The van der Waals surface area contributed by atoms with Crippen LogP contribution in [-0.2, 0) is 4.79 Å². The minimum absolute atomic E-state index is 0.0556. The van der Waals surface area contributed by atoms with Crippen molar-refractivity contribution in [1.82, 2.24) is 19.7 Å². The van der Waals surface area contributed by atoms with E-state index in [0.29, 0.717) is 5.16 Å². The number of likely N-dealkylation sites (tertiary alicyclic amines) is 1. The van der Waals surface area contributed by atoms with Gasteiger partial charge in [-0.1, -0.05) is 35.9 Å². The van der Waals surface area contributed by atoms with Gasteiger partial charge in [-0.25, -0.2) is 0 Å². The number of anilines is 1. The van der Waals surface area contributed by atoms with Crippen molar-refractivity contribution in [3.05, 3.63) is 58.9 Å². The lowest BCUT2D eigenvalue weighted by Gasteiger charge is -2.31. The molecule has 35 heavy (non-hydrogen) atoms. The Morgan fingerprint density at radius 3 is 2.34 bits per heavy atom. The summed E-state index contributed by atoms with van der Waals surface area (Å²) in [7, 11) is 1.66. The number of hydrogen-bond acceptors (Lipinski definition) is 6. The molecule has 1 N–H and O–H groups in total. The maximum atomic E-state index is 12.9. The fraction of sp³-hybridized carbons (Fsp3) is 0.444. The zero-order valence-corrected chi connectivity index (χ0v) is 22.1. The molecule has 8 heteroatoms. The molecule has 0 radical (unpaired) electrons. The Labute approximate surface area is 212 Å². The topological polar surface area (TPSA) is 72.3 Å². The van der Waals surface area contributed by atoms with Gasteiger partial charge in [0.15, 0.2) is 11.0 Å². The average Bonchev–Trinajstić information content (AvgIpc) is 3.29. The highest BCUT2D eigenvalue weighted by Crippen LogP contribution is 2.30. The lowest BCUT2D eigenvalue weighted by atomic mass is 10.1. The van der Waals surface area contributed by atoms with Gasteiger partial charge in [0.05, 0.1) is 18.9 Å². The molecule has 0 bridgehead atoms. The SMILES string of the molecule is COc1ccc(-n2c(SCC(=O)Nc3c(C)cc(C)cc3C)nnc2C(C)N2CCCCC2)cc1. The lowest BCUT2D eigenvalue weighted by Crippen LogP contribution is -2.33. The van der Waals surface area contributed by atoms with Crippen molar-refractivity contribution in [1.29, 1.82) is 0 Å². The summed E-state index contributed by atoms with van der Waals surface area (Å²) in [6.45, 7) is 10.4. The number of carbonyl (C=O) groups is 1. The molecule has 1 atom stereocenters. The third kappa shape index (κ3) is 5.87. The van der Waals surface area contributed by atoms with Gasteiger partial charge in [-0.15, -0.1) is 10.2 Å². The number of amides is 1. The van der Waals surface area contributed by atoms with Gasteiger partial charge in [-0.3, -0.25) is 14.3 Å². The van der Waals surface area contributed by atoms with Gasteiger partial charge >= 0.3 is 0 Å². The van der Waals surface area contributed by atoms with Crippen molar-refractivity contribution in [3.8, 4) is 11.4 Å². The molecule has 4 rings (SSSR count). The number of hydrogen-bond donors (Lipinski definition) is 1. The maximum absolute atomic E-state index is 12.9. The molecule has 1 amide bonds. The third-order valence-electron chi connectivity index (χ3n) is 6.57. The molecule has 1 aliphatic rings. The van der Waals surface area contributed by atoms with Crippen LogP contribution in [0.25, 0.3) is 5.69 Å². The van der Waals surface area contributed by atoms with Crippen molar-refractivity contribution in [3.63, 3.8) is 0 Å². The number of aryl methyl sites for hydroxylation is 3. The lowest BCUT2D eigenvalue weighted by molar-refractivity contribution is -0.113. The molecule has 2 aromatic carbocycles. The van der Waals surface area contributed by atoms with E-state index < -0.39 is 0 Å². The van der Waals surface area contributed by atoms with E-state index in [1.54, 1.807) is 7.11 Å². The smallest absolute Gasteiger partial charge is 0.234 e. The number of aromatic nitrogens is 3. The molecule has 1 aliphatic heterocycles. The molecule has 0 aliphatic carbocycles. The van der Waals surface area contributed by atoms with E-state index in [0.717, 1.165) is 47.2 Å². The van der Waals surface area contributed by atoms with Crippen molar-refractivity contribution >= 4 is 23.4 Å².